The number of nitro groups is 1. The summed E-state index contributed by atoms with van der Waals surface area (Å²) in [5.41, 5.74) is 0.00301. The molecule has 3 rings (SSSR count). The summed E-state index contributed by atoms with van der Waals surface area (Å²) in [7, 11) is 6.66. The highest BCUT2D eigenvalue weighted by atomic mass is 16.6. The molecule has 1 aromatic heterocycles. The van der Waals surface area contributed by atoms with Gasteiger partial charge in [-0.2, -0.15) is 4.98 Å². The van der Waals surface area contributed by atoms with Gasteiger partial charge in [-0.05, 0) is 37.8 Å². The van der Waals surface area contributed by atoms with Crippen LogP contribution in [0.2, 0.25) is 0 Å². The van der Waals surface area contributed by atoms with Gasteiger partial charge in [-0.15, -0.1) is 0 Å². The van der Waals surface area contributed by atoms with Gasteiger partial charge in [0.2, 0.25) is 5.95 Å². The van der Waals surface area contributed by atoms with Crippen molar-refractivity contribution in [2.24, 2.45) is 0 Å². The minimum Gasteiger partial charge on any atom is -0.493 e. The van der Waals surface area contributed by atoms with Crippen LogP contribution in [0.5, 0.6) is 11.5 Å². The summed E-state index contributed by atoms with van der Waals surface area (Å²) in [4.78, 5) is 33.8. The number of anilines is 2. The third-order valence-electron chi connectivity index (χ3n) is 5.62. The second kappa shape index (κ2) is 11.3. The van der Waals surface area contributed by atoms with Crippen LogP contribution in [0.15, 0.2) is 24.4 Å². The highest BCUT2D eigenvalue weighted by Gasteiger charge is 2.25. The lowest BCUT2D eigenvalue weighted by atomic mass is 9.91. The van der Waals surface area contributed by atoms with Gasteiger partial charge in [0.15, 0.2) is 11.5 Å². The number of amides is 1. The van der Waals surface area contributed by atoms with Gasteiger partial charge in [-0.1, -0.05) is 0 Å². The molecule has 1 heterocycles. The standard InChI is InChI=1S/C22H30N6O6/c1-27(2)20-9-10-23-21(26-20)24-15-5-7-16(8-6-15)25-22(29)34-13-14-11-18(32-3)19(33-4)12-17(14)28(30)31/h9-12,15-16H,5-8,13H2,1-4H3,(H,25,29)(H,23,24,26). The second-order valence-electron chi connectivity index (χ2n) is 8.14. The number of methoxy groups -OCH3 is 2. The molecule has 12 nitrogen and oxygen atoms in total. The molecule has 184 valence electrons. The Morgan fingerprint density at radius 1 is 1.15 bits per heavy atom. The summed E-state index contributed by atoms with van der Waals surface area (Å²) in [5.74, 6) is 1.95. The monoisotopic (exact) mass is 474 g/mol. The van der Waals surface area contributed by atoms with Crippen LogP contribution in [0, 0.1) is 10.1 Å². The smallest absolute Gasteiger partial charge is 0.407 e. The number of benzene rings is 1. The predicted molar refractivity (Wildman–Crippen MR) is 126 cm³/mol. The molecule has 0 bridgehead atoms. The molecule has 0 atom stereocenters. The van der Waals surface area contributed by atoms with Crippen molar-refractivity contribution in [3.63, 3.8) is 0 Å². The van der Waals surface area contributed by atoms with Crippen molar-refractivity contribution in [1.82, 2.24) is 15.3 Å². The highest BCUT2D eigenvalue weighted by molar-refractivity contribution is 5.68. The second-order valence-corrected chi connectivity index (χ2v) is 8.14. The van der Waals surface area contributed by atoms with E-state index >= 15 is 0 Å². The van der Waals surface area contributed by atoms with Crippen LogP contribution in [-0.2, 0) is 11.3 Å². The molecule has 2 aromatic rings. The molecule has 0 unspecified atom stereocenters. The number of aromatic nitrogens is 2. The number of hydrogen-bond donors (Lipinski definition) is 2. The first-order valence-corrected chi connectivity index (χ1v) is 10.9. The third-order valence-corrected chi connectivity index (χ3v) is 5.62. The molecule has 0 radical (unpaired) electrons. The summed E-state index contributed by atoms with van der Waals surface area (Å²) in [5, 5.41) is 17.6. The maximum absolute atomic E-state index is 12.3. The largest absolute Gasteiger partial charge is 0.493 e. The molecule has 1 aromatic carbocycles. The Balaban J connectivity index is 1.49. The fraction of sp³-hybridized carbons (Fsp3) is 0.500. The Bertz CT molecular complexity index is 1010. The number of nitro benzene ring substituents is 1. The van der Waals surface area contributed by atoms with Crippen molar-refractivity contribution in [1.29, 1.82) is 0 Å². The lowest BCUT2D eigenvalue weighted by Crippen LogP contribution is -2.40. The van der Waals surface area contributed by atoms with Gasteiger partial charge in [0, 0.05) is 32.4 Å². The van der Waals surface area contributed by atoms with E-state index in [1.165, 1.54) is 26.4 Å². The molecule has 1 aliphatic carbocycles. The van der Waals surface area contributed by atoms with Crippen molar-refractivity contribution >= 4 is 23.5 Å². The quantitative estimate of drug-likeness (QED) is 0.411. The zero-order chi connectivity index (χ0) is 24.7. The molecule has 1 amide bonds. The first kappa shape index (κ1) is 24.8. The number of carbonyl (C=O) groups is 1. The summed E-state index contributed by atoms with van der Waals surface area (Å²) in [6, 6.07) is 4.70. The third kappa shape index (κ3) is 6.36. The first-order valence-electron chi connectivity index (χ1n) is 10.9. The average molecular weight is 475 g/mol. The SMILES string of the molecule is COc1cc(COC(=O)NC2CCC(Nc3nccc(N(C)C)n3)CC2)c([N+](=O)[O-])cc1OC. The van der Waals surface area contributed by atoms with Crippen LogP contribution < -0.4 is 25.0 Å². The van der Waals surface area contributed by atoms with Crippen LogP contribution in [-0.4, -0.2) is 61.4 Å². The number of carbonyl (C=O) groups excluding carboxylic acids is 1. The molecular weight excluding hydrogens is 444 g/mol. The Morgan fingerprint density at radius 3 is 2.41 bits per heavy atom. The molecule has 0 spiro atoms. The van der Waals surface area contributed by atoms with Gasteiger partial charge in [-0.25, -0.2) is 9.78 Å². The molecular formula is C22H30N6O6. The number of ether oxygens (including phenoxy) is 3. The average Bonchev–Trinajstić information content (AvgIpc) is 2.83. The zero-order valence-electron chi connectivity index (χ0n) is 19.7. The van der Waals surface area contributed by atoms with Crippen LogP contribution in [0.1, 0.15) is 31.2 Å². The number of hydrogen-bond acceptors (Lipinski definition) is 10. The Labute approximate surface area is 197 Å². The zero-order valence-corrected chi connectivity index (χ0v) is 19.7. The topological polar surface area (TPSA) is 141 Å². The minimum absolute atomic E-state index is 0.0417. The van der Waals surface area contributed by atoms with Gasteiger partial charge < -0.3 is 29.7 Å². The van der Waals surface area contributed by atoms with Gasteiger partial charge in [0.25, 0.3) is 5.69 Å². The first-order chi connectivity index (χ1) is 16.3. The summed E-state index contributed by atoms with van der Waals surface area (Å²) >= 11 is 0. The number of nitrogens with zero attached hydrogens (tertiary/aromatic N) is 4. The fourth-order valence-corrected chi connectivity index (χ4v) is 3.78. The number of rotatable bonds is 9. The number of alkyl carbamates (subject to hydrolysis) is 1. The van der Waals surface area contributed by atoms with Crippen molar-refractivity contribution in [3.8, 4) is 11.5 Å². The number of nitrogens with one attached hydrogen (secondary N) is 2. The lowest BCUT2D eigenvalue weighted by molar-refractivity contribution is -0.385. The van der Waals surface area contributed by atoms with Crippen molar-refractivity contribution in [2.75, 3.05) is 38.5 Å². The molecule has 12 heteroatoms. The van der Waals surface area contributed by atoms with Crippen LogP contribution >= 0.6 is 0 Å². The van der Waals surface area contributed by atoms with Gasteiger partial charge in [-0.3, -0.25) is 10.1 Å². The van der Waals surface area contributed by atoms with Crippen molar-refractivity contribution in [2.45, 2.75) is 44.4 Å². The minimum atomic E-state index is -0.623. The highest BCUT2D eigenvalue weighted by Crippen LogP contribution is 2.34. The van der Waals surface area contributed by atoms with Crippen LogP contribution in [0.25, 0.3) is 0 Å². The van der Waals surface area contributed by atoms with E-state index in [1.807, 2.05) is 25.1 Å². The lowest BCUT2D eigenvalue weighted by Gasteiger charge is -2.29. The summed E-state index contributed by atoms with van der Waals surface area (Å²) in [6.45, 7) is -0.265. The molecule has 1 saturated carbocycles. The van der Waals surface area contributed by atoms with E-state index in [-0.39, 0.29) is 35.7 Å². The molecule has 0 saturated heterocycles. The van der Waals surface area contributed by atoms with E-state index < -0.39 is 11.0 Å². The summed E-state index contributed by atoms with van der Waals surface area (Å²) in [6.07, 6.45) is 4.29. The normalized spacial score (nSPS) is 17.4. The van der Waals surface area contributed by atoms with E-state index in [0.29, 0.717) is 11.7 Å². The maximum Gasteiger partial charge on any atom is 0.407 e. The van der Waals surface area contributed by atoms with Gasteiger partial charge in [0.1, 0.15) is 12.4 Å². The molecule has 0 aliphatic heterocycles. The Kier molecular flexibility index (Phi) is 8.28. The van der Waals surface area contributed by atoms with Crippen molar-refractivity contribution < 1.29 is 23.9 Å². The molecule has 1 aliphatic rings. The maximum atomic E-state index is 12.3. The van der Waals surface area contributed by atoms with Gasteiger partial charge in [0.05, 0.1) is 30.8 Å². The van der Waals surface area contributed by atoms with E-state index in [9.17, 15) is 14.9 Å². The Morgan fingerprint density at radius 2 is 1.79 bits per heavy atom. The molecule has 34 heavy (non-hydrogen) atoms. The van der Waals surface area contributed by atoms with E-state index in [2.05, 4.69) is 20.6 Å². The van der Waals surface area contributed by atoms with E-state index in [1.54, 1.807) is 6.20 Å². The molecule has 2 N–H and O–H groups in total. The van der Waals surface area contributed by atoms with Gasteiger partial charge >= 0.3 is 6.09 Å². The fourth-order valence-electron chi connectivity index (χ4n) is 3.78. The van der Waals surface area contributed by atoms with E-state index in [0.717, 1.165) is 31.5 Å². The predicted octanol–water partition coefficient (Wildman–Crippen LogP) is 3.12. The van der Waals surface area contributed by atoms with E-state index in [4.69, 9.17) is 14.2 Å². The van der Waals surface area contributed by atoms with Crippen LogP contribution in [0.4, 0.5) is 22.2 Å². The molecule has 1 fully saturated rings. The Hall–Kier alpha value is -3.83. The van der Waals surface area contributed by atoms with Crippen LogP contribution in [0.3, 0.4) is 0 Å². The summed E-state index contributed by atoms with van der Waals surface area (Å²) < 4.78 is 15.6. The van der Waals surface area contributed by atoms with Crippen molar-refractivity contribution in [3.05, 3.63) is 40.1 Å².